The largest absolute Gasteiger partial charge is 0.489 e. The zero-order chi connectivity index (χ0) is 22.8. The fourth-order valence-electron chi connectivity index (χ4n) is 3.10. The zero-order valence-electron chi connectivity index (χ0n) is 15.7. The minimum absolute atomic E-state index is 0.00387. The van der Waals surface area contributed by atoms with Gasteiger partial charge in [0, 0.05) is 12.0 Å². The number of cyclic esters (lactones) is 1. The Kier molecular flexibility index (Phi) is 6.51. The minimum Gasteiger partial charge on any atom is -0.489 e. The van der Waals surface area contributed by atoms with Crippen molar-refractivity contribution in [2.24, 2.45) is 0 Å². The van der Waals surface area contributed by atoms with Crippen molar-refractivity contribution in [3.8, 4) is 5.75 Å². The summed E-state index contributed by atoms with van der Waals surface area (Å²) in [6.45, 7) is -0.334. The van der Waals surface area contributed by atoms with E-state index < -0.39 is 38.4 Å². The van der Waals surface area contributed by atoms with Gasteiger partial charge in [0.1, 0.15) is 23.4 Å². The van der Waals surface area contributed by atoms with Gasteiger partial charge in [-0.25, -0.2) is 23.1 Å². The molecule has 0 saturated carbocycles. The number of amides is 1. The molecule has 2 unspecified atom stereocenters. The van der Waals surface area contributed by atoms with Gasteiger partial charge in [-0.2, -0.15) is 0 Å². The molecule has 3 N–H and O–H groups in total. The van der Waals surface area contributed by atoms with Gasteiger partial charge in [-0.1, -0.05) is 17.7 Å². The molecular formula is C19H17ClFNO8S. The molecule has 12 heteroatoms. The molecule has 1 fully saturated rings. The van der Waals surface area contributed by atoms with E-state index in [1.807, 2.05) is 0 Å². The second-order valence-electron chi connectivity index (χ2n) is 6.66. The maximum absolute atomic E-state index is 13.1. The van der Waals surface area contributed by atoms with Crippen LogP contribution < -0.4 is 10.2 Å². The minimum atomic E-state index is -4.39. The van der Waals surface area contributed by atoms with Crippen molar-refractivity contribution in [2.75, 3.05) is 6.61 Å². The van der Waals surface area contributed by atoms with Crippen molar-refractivity contribution >= 4 is 33.3 Å². The summed E-state index contributed by atoms with van der Waals surface area (Å²) in [7, 11) is -4.39. The molecule has 1 aliphatic heterocycles. The molecule has 0 aliphatic carbocycles. The fraction of sp³-hybridized carbons (Fsp3) is 0.263. The maximum atomic E-state index is 13.1. The summed E-state index contributed by atoms with van der Waals surface area (Å²) in [5.74, 6) is -3.31. The van der Waals surface area contributed by atoms with E-state index in [0.29, 0.717) is 5.56 Å². The lowest BCUT2D eigenvalue weighted by atomic mass is 9.94. The van der Waals surface area contributed by atoms with Gasteiger partial charge < -0.3 is 14.6 Å². The van der Waals surface area contributed by atoms with Crippen molar-refractivity contribution in [1.82, 2.24) is 5.48 Å². The van der Waals surface area contributed by atoms with Crippen molar-refractivity contribution in [3.63, 3.8) is 0 Å². The molecule has 0 bridgehead atoms. The van der Waals surface area contributed by atoms with E-state index in [4.69, 9.17) is 21.5 Å². The predicted octanol–water partition coefficient (Wildman–Crippen LogP) is 1.38. The first-order valence-electron chi connectivity index (χ1n) is 8.85. The lowest BCUT2D eigenvalue weighted by Gasteiger charge is -2.35. The van der Waals surface area contributed by atoms with E-state index in [-0.39, 0.29) is 35.3 Å². The smallest absolute Gasteiger partial charge is 0.349 e. The number of rotatable bonds is 6. The molecule has 1 heterocycles. The first kappa shape index (κ1) is 22.9. The number of carbonyl (C=O) groups excluding carboxylic acids is 2. The Morgan fingerprint density at radius 3 is 2.58 bits per heavy atom. The number of esters is 1. The molecule has 2 atom stereocenters. The van der Waals surface area contributed by atoms with E-state index in [1.54, 1.807) is 0 Å². The van der Waals surface area contributed by atoms with E-state index in [9.17, 15) is 27.5 Å². The molecule has 2 aromatic carbocycles. The number of benzene rings is 2. The number of aliphatic hydroxyl groups is 1. The van der Waals surface area contributed by atoms with E-state index in [2.05, 4.69) is 4.74 Å². The highest BCUT2D eigenvalue weighted by Crippen LogP contribution is 2.32. The summed E-state index contributed by atoms with van der Waals surface area (Å²) in [5.41, 5.74) is -1.50. The summed E-state index contributed by atoms with van der Waals surface area (Å²) in [4.78, 5) is 23.6. The van der Waals surface area contributed by atoms with Crippen LogP contribution >= 0.6 is 11.6 Å². The highest BCUT2D eigenvalue weighted by Gasteiger charge is 2.60. The molecule has 0 radical (unpaired) electrons. The second-order valence-corrected chi connectivity index (χ2v) is 9.20. The van der Waals surface area contributed by atoms with Crippen LogP contribution in [0.1, 0.15) is 12.0 Å². The number of hydrogen-bond acceptors (Lipinski definition) is 8. The van der Waals surface area contributed by atoms with Crippen molar-refractivity contribution < 1.29 is 42.2 Å². The molecule has 2 aromatic rings. The Balaban J connectivity index is 1.81. The van der Waals surface area contributed by atoms with Crippen LogP contribution in [0, 0.1) is 5.82 Å². The average molecular weight is 474 g/mol. The number of sulfone groups is 1. The van der Waals surface area contributed by atoms with Gasteiger partial charge in [0.2, 0.25) is 0 Å². The molecule has 166 valence electrons. The first-order chi connectivity index (χ1) is 14.6. The molecule has 1 amide bonds. The third kappa shape index (κ3) is 4.35. The quantitative estimate of drug-likeness (QED) is 0.247. The number of hydroxylamine groups is 1. The average Bonchev–Trinajstić information content (AvgIpc) is 2.74. The summed E-state index contributed by atoms with van der Waals surface area (Å²) < 4.78 is 49.3. The summed E-state index contributed by atoms with van der Waals surface area (Å²) >= 11 is 5.93. The Labute approximate surface area is 181 Å². The number of hydrogen-bond donors (Lipinski definition) is 3. The molecule has 0 spiro atoms. The Bertz CT molecular complexity index is 1100. The van der Waals surface area contributed by atoms with Gasteiger partial charge >= 0.3 is 5.97 Å². The van der Waals surface area contributed by atoms with Crippen LogP contribution in [-0.2, 0) is 30.8 Å². The number of halogens is 2. The lowest BCUT2D eigenvalue weighted by molar-refractivity contribution is -0.181. The molecule has 0 aromatic heterocycles. The van der Waals surface area contributed by atoms with E-state index in [0.717, 1.165) is 11.5 Å². The Morgan fingerprint density at radius 1 is 1.29 bits per heavy atom. The third-order valence-electron chi connectivity index (χ3n) is 4.77. The topological polar surface area (TPSA) is 139 Å². The van der Waals surface area contributed by atoms with Gasteiger partial charge in [-0.05, 0) is 36.4 Å². The summed E-state index contributed by atoms with van der Waals surface area (Å²) in [6.07, 6.45) is -0.362. The van der Waals surface area contributed by atoms with Gasteiger partial charge in [0.05, 0.1) is 16.5 Å². The molecular weight excluding hydrogens is 457 g/mol. The Hall–Kier alpha value is -2.73. The highest BCUT2D eigenvalue weighted by atomic mass is 35.5. The van der Waals surface area contributed by atoms with Crippen molar-refractivity contribution in [1.29, 1.82) is 0 Å². The Morgan fingerprint density at radius 2 is 1.97 bits per heavy atom. The molecule has 1 saturated heterocycles. The van der Waals surface area contributed by atoms with Crippen molar-refractivity contribution in [3.05, 3.63) is 58.9 Å². The first-order valence-corrected chi connectivity index (χ1v) is 10.8. The standard InChI is InChI=1S/C19H17ClFNO8S/c20-15-9-12(21)2-1-11(15)10-30-13-3-5-14(6-4-13)31(27,28)16-7-8-29-18(24)19(16,25)17(23)22-26/h1-6,9,16,25-26H,7-8,10H2,(H,22,23). The zero-order valence-corrected chi connectivity index (χ0v) is 17.3. The SMILES string of the molecule is O=C(NO)C1(O)C(=O)OCCC1S(=O)(=O)c1ccc(OCc2ccc(F)cc2Cl)cc1. The van der Waals surface area contributed by atoms with Crippen LogP contribution in [0.25, 0.3) is 0 Å². The number of ether oxygens (including phenoxy) is 2. The number of carbonyl (C=O) groups is 2. The van der Waals surface area contributed by atoms with Crippen LogP contribution in [0.5, 0.6) is 5.75 Å². The van der Waals surface area contributed by atoms with E-state index in [1.165, 1.54) is 36.4 Å². The summed E-state index contributed by atoms with van der Waals surface area (Å²) in [6, 6.07) is 8.81. The van der Waals surface area contributed by atoms with Gasteiger partial charge in [0.15, 0.2) is 9.84 Å². The third-order valence-corrected chi connectivity index (χ3v) is 7.38. The highest BCUT2D eigenvalue weighted by molar-refractivity contribution is 7.92. The molecule has 31 heavy (non-hydrogen) atoms. The lowest BCUT2D eigenvalue weighted by Crippen LogP contribution is -2.65. The predicted molar refractivity (Wildman–Crippen MR) is 104 cm³/mol. The van der Waals surface area contributed by atoms with Crippen LogP contribution in [0.2, 0.25) is 5.02 Å². The van der Waals surface area contributed by atoms with Crippen LogP contribution in [0.4, 0.5) is 4.39 Å². The molecule has 1 aliphatic rings. The van der Waals surface area contributed by atoms with Crippen LogP contribution in [0.15, 0.2) is 47.4 Å². The maximum Gasteiger partial charge on any atom is 0.349 e. The van der Waals surface area contributed by atoms with Crippen LogP contribution in [-0.4, -0.2) is 48.1 Å². The normalized spacial score (nSPS) is 21.3. The monoisotopic (exact) mass is 473 g/mol. The second kappa shape index (κ2) is 8.79. The summed E-state index contributed by atoms with van der Waals surface area (Å²) in [5, 5.41) is 17.6. The van der Waals surface area contributed by atoms with Gasteiger partial charge in [-0.3, -0.25) is 10.0 Å². The number of nitrogens with one attached hydrogen (secondary N) is 1. The van der Waals surface area contributed by atoms with Crippen molar-refractivity contribution in [2.45, 2.75) is 28.8 Å². The molecule has 3 rings (SSSR count). The molecule has 9 nitrogen and oxygen atoms in total. The van der Waals surface area contributed by atoms with Gasteiger partial charge in [-0.15, -0.1) is 0 Å². The van der Waals surface area contributed by atoms with Crippen LogP contribution in [0.3, 0.4) is 0 Å². The van der Waals surface area contributed by atoms with E-state index >= 15 is 0 Å². The van der Waals surface area contributed by atoms with Gasteiger partial charge in [0.25, 0.3) is 11.5 Å². The fourth-order valence-corrected chi connectivity index (χ4v) is 5.23.